The number of likely N-dealkylation sites (tertiary alicyclic amines) is 1. The monoisotopic (exact) mass is 415 g/mol. The quantitative estimate of drug-likeness (QED) is 0.626. The largest absolute Gasteiger partial charge is 0.403 e. The van der Waals surface area contributed by atoms with Gasteiger partial charge in [0.15, 0.2) is 0 Å². The van der Waals surface area contributed by atoms with E-state index < -0.39 is 0 Å². The minimum absolute atomic E-state index is 0.00171. The maximum absolute atomic E-state index is 13.5. The van der Waals surface area contributed by atoms with E-state index in [9.17, 15) is 10.1 Å². The summed E-state index contributed by atoms with van der Waals surface area (Å²) in [4.78, 5) is 15.5. The zero-order chi connectivity index (χ0) is 21.8. The van der Waals surface area contributed by atoms with Gasteiger partial charge < -0.3 is 14.6 Å². The highest BCUT2D eigenvalue weighted by atomic mass is 16.4. The molecule has 1 aromatic heterocycles. The molecule has 3 aromatic rings. The second-order valence-electron chi connectivity index (χ2n) is 7.70. The number of carbonyl (C=O) groups is 1. The van der Waals surface area contributed by atoms with Gasteiger partial charge in [-0.2, -0.15) is 5.26 Å². The molecule has 1 aliphatic rings. The van der Waals surface area contributed by atoms with E-state index in [-0.39, 0.29) is 11.9 Å². The van der Waals surface area contributed by atoms with Gasteiger partial charge in [0.25, 0.3) is 5.91 Å². The van der Waals surface area contributed by atoms with Crippen molar-refractivity contribution in [3.63, 3.8) is 0 Å². The van der Waals surface area contributed by atoms with Crippen LogP contribution in [-0.2, 0) is 0 Å². The lowest BCUT2D eigenvalue weighted by atomic mass is 9.95. The predicted octanol–water partition coefficient (Wildman–Crippen LogP) is 4.72. The first kappa shape index (κ1) is 20.6. The number of hydrogen-bond donors (Lipinski definition) is 1. The summed E-state index contributed by atoms with van der Waals surface area (Å²) < 4.78 is 5.66. The van der Waals surface area contributed by atoms with E-state index in [0.717, 1.165) is 43.4 Å². The fourth-order valence-electron chi connectivity index (χ4n) is 4.21. The van der Waals surface area contributed by atoms with Gasteiger partial charge in [-0.3, -0.25) is 4.79 Å². The van der Waals surface area contributed by atoms with Crippen molar-refractivity contribution in [2.24, 2.45) is 0 Å². The Balaban J connectivity index is 1.82. The Kier molecular flexibility index (Phi) is 5.99. The lowest BCUT2D eigenvalue weighted by Crippen LogP contribution is -2.35. The smallest absolute Gasteiger partial charge is 0.315 e. The second-order valence-corrected chi connectivity index (χ2v) is 7.70. The summed E-state index contributed by atoms with van der Waals surface area (Å²) in [6.07, 6.45) is 4.11. The molecule has 1 unspecified atom stereocenters. The maximum Gasteiger partial charge on any atom is 0.315 e. The number of carbonyl (C=O) groups excluding carboxylic acids is 1. The Morgan fingerprint density at radius 3 is 2.81 bits per heavy atom. The molecule has 0 spiro atoms. The summed E-state index contributed by atoms with van der Waals surface area (Å²) >= 11 is 0. The molecular formula is C24H25N5O2. The predicted molar refractivity (Wildman–Crippen MR) is 118 cm³/mol. The lowest BCUT2D eigenvalue weighted by Gasteiger charge is -2.25. The van der Waals surface area contributed by atoms with E-state index in [1.54, 1.807) is 19.2 Å². The summed E-state index contributed by atoms with van der Waals surface area (Å²) in [5.74, 6) is 0.322. The molecule has 158 valence electrons. The van der Waals surface area contributed by atoms with Gasteiger partial charge in [-0.25, -0.2) is 0 Å². The number of aromatic nitrogens is 2. The molecule has 1 fully saturated rings. The molecule has 2 heterocycles. The van der Waals surface area contributed by atoms with Crippen LogP contribution < -0.4 is 5.32 Å². The van der Waals surface area contributed by atoms with Gasteiger partial charge in [0, 0.05) is 30.8 Å². The maximum atomic E-state index is 13.5. The molecule has 1 N–H and O–H groups in total. The van der Waals surface area contributed by atoms with E-state index in [1.807, 2.05) is 35.2 Å². The van der Waals surface area contributed by atoms with Crippen molar-refractivity contribution in [2.75, 3.05) is 18.9 Å². The molecule has 0 radical (unpaired) electrons. The third-order valence-electron chi connectivity index (χ3n) is 5.68. The van der Waals surface area contributed by atoms with Gasteiger partial charge >= 0.3 is 6.01 Å². The molecule has 0 saturated carbocycles. The van der Waals surface area contributed by atoms with E-state index in [2.05, 4.69) is 28.5 Å². The van der Waals surface area contributed by atoms with Crippen LogP contribution in [0, 0.1) is 11.3 Å². The minimum Gasteiger partial charge on any atom is -0.403 e. The van der Waals surface area contributed by atoms with E-state index in [4.69, 9.17) is 4.42 Å². The number of nitrogens with zero attached hydrogens (tertiary/aromatic N) is 4. The van der Waals surface area contributed by atoms with Crippen LogP contribution in [0.2, 0.25) is 0 Å². The molecule has 0 aliphatic carbocycles. The average Bonchev–Trinajstić information content (AvgIpc) is 3.48. The first-order valence-electron chi connectivity index (χ1n) is 10.6. The number of amides is 1. The van der Waals surface area contributed by atoms with Crippen molar-refractivity contribution in [3.8, 4) is 28.7 Å². The van der Waals surface area contributed by atoms with Crippen molar-refractivity contribution >= 4 is 11.9 Å². The Labute approximate surface area is 181 Å². The number of benzene rings is 2. The van der Waals surface area contributed by atoms with Crippen molar-refractivity contribution in [2.45, 2.75) is 38.6 Å². The van der Waals surface area contributed by atoms with Crippen molar-refractivity contribution in [3.05, 3.63) is 53.6 Å². The lowest BCUT2D eigenvalue weighted by molar-refractivity contribution is 0.0730. The van der Waals surface area contributed by atoms with E-state index in [0.29, 0.717) is 28.6 Å². The summed E-state index contributed by atoms with van der Waals surface area (Å²) in [6.45, 7) is 2.91. The van der Waals surface area contributed by atoms with Crippen LogP contribution in [-0.4, -0.2) is 40.6 Å². The zero-order valence-corrected chi connectivity index (χ0v) is 17.8. The number of hydrogen-bond acceptors (Lipinski definition) is 6. The molecule has 1 saturated heterocycles. The molecule has 0 bridgehead atoms. The summed E-state index contributed by atoms with van der Waals surface area (Å²) in [5.41, 5.74) is 3.29. The first-order valence-corrected chi connectivity index (χ1v) is 10.6. The highest BCUT2D eigenvalue weighted by Crippen LogP contribution is 2.32. The van der Waals surface area contributed by atoms with Crippen LogP contribution in [0.25, 0.3) is 22.6 Å². The molecule has 1 amide bonds. The molecular weight excluding hydrogens is 390 g/mol. The molecule has 2 aromatic carbocycles. The Bertz CT molecular complexity index is 1130. The van der Waals surface area contributed by atoms with Gasteiger partial charge in [-0.15, -0.1) is 5.10 Å². The van der Waals surface area contributed by atoms with Crippen LogP contribution in [0.3, 0.4) is 0 Å². The summed E-state index contributed by atoms with van der Waals surface area (Å²) in [5, 5.41) is 20.5. The average molecular weight is 415 g/mol. The Morgan fingerprint density at radius 2 is 2.06 bits per heavy atom. The van der Waals surface area contributed by atoms with Crippen LogP contribution in [0.4, 0.5) is 6.01 Å². The van der Waals surface area contributed by atoms with E-state index >= 15 is 0 Å². The van der Waals surface area contributed by atoms with Gasteiger partial charge in [-0.05, 0) is 54.7 Å². The van der Waals surface area contributed by atoms with Crippen molar-refractivity contribution in [1.82, 2.24) is 15.1 Å². The number of anilines is 1. The van der Waals surface area contributed by atoms with Crippen LogP contribution in [0.1, 0.15) is 48.5 Å². The Morgan fingerprint density at radius 1 is 1.26 bits per heavy atom. The van der Waals surface area contributed by atoms with Crippen LogP contribution in [0.5, 0.6) is 0 Å². The minimum atomic E-state index is 0.00171. The van der Waals surface area contributed by atoms with Crippen LogP contribution >= 0.6 is 0 Å². The molecule has 4 rings (SSSR count). The third-order valence-corrected chi connectivity index (χ3v) is 5.68. The van der Waals surface area contributed by atoms with Gasteiger partial charge in [0.2, 0.25) is 5.89 Å². The van der Waals surface area contributed by atoms with Gasteiger partial charge in [-0.1, -0.05) is 36.6 Å². The first-order chi connectivity index (χ1) is 15.1. The standard InChI is InChI=1S/C24H25N5O2/c1-3-7-20-9-6-11-29(20)23(30)19-13-17(21-10-5-4-8-16(21)15-25)12-18(14-19)22-27-28-24(26-2)31-22/h4-5,8,10,12-14,20H,3,6-7,9,11H2,1-2H3,(H,26,28). The third kappa shape index (κ3) is 4.15. The zero-order valence-electron chi connectivity index (χ0n) is 17.8. The number of nitriles is 1. The topological polar surface area (TPSA) is 95.1 Å². The van der Waals surface area contributed by atoms with Gasteiger partial charge in [0.05, 0.1) is 11.6 Å². The number of nitrogens with one attached hydrogen (secondary N) is 1. The molecule has 1 atom stereocenters. The summed E-state index contributed by atoms with van der Waals surface area (Å²) in [6, 6.07) is 15.7. The van der Waals surface area contributed by atoms with Crippen LogP contribution in [0.15, 0.2) is 46.9 Å². The highest BCUT2D eigenvalue weighted by Gasteiger charge is 2.29. The molecule has 7 nitrogen and oxygen atoms in total. The fraction of sp³-hybridized carbons (Fsp3) is 0.333. The molecule has 7 heteroatoms. The second kappa shape index (κ2) is 9.00. The van der Waals surface area contributed by atoms with E-state index in [1.165, 1.54) is 0 Å². The normalized spacial score (nSPS) is 15.6. The number of rotatable bonds is 6. The Hall–Kier alpha value is -3.66. The SMILES string of the molecule is CCCC1CCCN1C(=O)c1cc(-c2nnc(NC)o2)cc(-c2ccccc2C#N)c1. The molecule has 1 aliphatic heterocycles. The van der Waals surface area contributed by atoms with Crippen molar-refractivity contribution < 1.29 is 9.21 Å². The highest BCUT2D eigenvalue weighted by molar-refractivity contribution is 5.97. The fourth-order valence-corrected chi connectivity index (χ4v) is 4.21. The summed E-state index contributed by atoms with van der Waals surface area (Å²) in [7, 11) is 1.70. The molecule has 31 heavy (non-hydrogen) atoms. The van der Waals surface area contributed by atoms with Gasteiger partial charge in [0.1, 0.15) is 0 Å². The van der Waals surface area contributed by atoms with Crippen molar-refractivity contribution in [1.29, 1.82) is 5.26 Å².